The van der Waals surface area contributed by atoms with E-state index in [0.29, 0.717) is 25.9 Å². The van der Waals surface area contributed by atoms with E-state index in [2.05, 4.69) is 5.32 Å². The molecule has 5 nitrogen and oxygen atoms in total. The molecule has 2 amide bonds. The summed E-state index contributed by atoms with van der Waals surface area (Å²) in [6.07, 6.45) is 0.738. The second kappa shape index (κ2) is 5.89. The van der Waals surface area contributed by atoms with E-state index in [-0.39, 0.29) is 10.7 Å². The van der Waals surface area contributed by atoms with E-state index in [4.69, 9.17) is 16.7 Å². The Balaban J connectivity index is 2.00. The Morgan fingerprint density at radius 1 is 1.38 bits per heavy atom. The minimum atomic E-state index is -0.858. The number of amides is 2. The van der Waals surface area contributed by atoms with Crippen LogP contribution in [0.2, 0.25) is 5.02 Å². The third-order valence-electron chi connectivity index (χ3n) is 3.86. The van der Waals surface area contributed by atoms with Crippen molar-refractivity contribution in [3.05, 3.63) is 29.0 Å². The number of nitrogens with zero attached hydrogens (tertiary/aromatic N) is 1. The van der Waals surface area contributed by atoms with Gasteiger partial charge in [0.15, 0.2) is 5.82 Å². The maximum atomic E-state index is 13.7. The number of nitrogens with one attached hydrogen (secondary N) is 1. The maximum absolute atomic E-state index is 13.7. The van der Waals surface area contributed by atoms with Crippen LogP contribution in [0.15, 0.2) is 18.2 Å². The fourth-order valence-electron chi connectivity index (χ4n) is 2.21. The first-order valence-corrected chi connectivity index (χ1v) is 6.94. The topological polar surface area (TPSA) is 69.6 Å². The number of hydrogen-bond donors (Lipinski definition) is 2. The first-order chi connectivity index (χ1) is 9.83. The molecular formula is C14H16ClFN2O3. The molecule has 21 heavy (non-hydrogen) atoms. The van der Waals surface area contributed by atoms with Gasteiger partial charge in [-0.2, -0.15) is 0 Å². The van der Waals surface area contributed by atoms with Gasteiger partial charge in [0.1, 0.15) is 0 Å². The van der Waals surface area contributed by atoms with Crippen LogP contribution in [-0.2, 0) is 4.79 Å². The Morgan fingerprint density at radius 2 is 2.00 bits per heavy atom. The van der Waals surface area contributed by atoms with Crippen molar-refractivity contribution >= 4 is 29.3 Å². The third-order valence-corrected chi connectivity index (χ3v) is 4.16. The third kappa shape index (κ3) is 3.26. The van der Waals surface area contributed by atoms with Gasteiger partial charge in [0.25, 0.3) is 0 Å². The number of urea groups is 1. The van der Waals surface area contributed by atoms with Crippen molar-refractivity contribution in [2.45, 2.75) is 19.8 Å². The Morgan fingerprint density at radius 3 is 2.57 bits per heavy atom. The molecule has 0 aliphatic carbocycles. The van der Waals surface area contributed by atoms with E-state index in [1.165, 1.54) is 17.0 Å². The van der Waals surface area contributed by atoms with Gasteiger partial charge >= 0.3 is 12.0 Å². The summed E-state index contributed by atoms with van der Waals surface area (Å²) in [6.45, 7) is 2.30. The van der Waals surface area contributed by atoms with Gasteiger partial charge in [-0.05, 0) is 31.9 Å². The lowest BCUT2D eigenvalue weighted by atomic mass is 9.80. The maximum Gasteiger partial charge on any atom is 0.321 e. The molecule has 1 fully saturated rings. The summed E-state index contributed by atoms with van der Waals surface area (Å²) in [5.41, 5.74) is -0.794. The number of anilines is 1. The smallest absolute Gasteiger partial charge is 0.321 e. The van der Waals surface area contributed by atoms with Crippen molar-refractivity contribution < 1.29 is 19.1 Å². The molecule has 1 saturated heterocycles. The van der Waals surface area contributed by atoms with E-state index in [0.717, 1.165) is 0 Å². The van der Waals surface area contributed by atoms with Crippen molar-refractivity contribution in [2.24, 2.45) is 5.41 Å². The normalized spacial score (nSPS) is 17.4. The minimum Gasteiger partial charge on any atom is -0.481 e. The van der Waals surface area contributed by atoms with Crippen molar-refractivity contribution in [3.63, 3.8) is 0 Å². The van der Waals surface area contributed by atoms with Crippen LogP contribution in [0.5, 0.6) is 0 Å². The number of benzene rings is 1. The molecule has 1 aromatic rings. The lowest BCUT2D eigenvalue weighted by Crippen LogP contribution is -2.46. The Labute approximate surface area is 126 Å². The van der Waals surface area contributed by atoms with E-state index in [1.807, 2.05) is 0 Å². The molecule has 114 valence electrons. The molecule has 7 heteroatoms. The standard InChI is InChI=1S/C14H16ClFN2O3/c1-14(12(19)20)5-7-18(8-6-14)13(21)17-10-4-2-3-9(15)11(10)16/h2-4H,5-8H2,1H3,(H,17,21)(H,19,20). The van der Waals surface area contributed by atoms with Gasteiger partial charge in [-0.25, -0.2) is 9.18 Å². The highest BCUT2D eigenvalue weighted by molar-refractivity contribution is 6.31. The molecule has 1 heterocycles. The summed E-state index contributed by atoms with van der Waals surface area (Å²) in [4.78, 5) is 24.7. The average Bonchev–Trinajstić information content (AvgIpc) is 2.44. The molecule has 1 aliphatic rings. The van der Waals surface area contributed by atoms with E-state index in [9.17, 15) is 14.0 Å². The van der Waals surface area contributed by atoms with Crippen LogP contribution in [0.3, 0.4) is 0 Å². The van der Waals surface area contributed by atoms with Gasteiger partial charge in [-0.15, -0.1) is 0 Å². The summed E-state index contributed by atoms with van der Waals surface area (Å²) in [6, 6.07) is 3.90. The number of carboxylic acid groups (broad SMARTS) is 1. The highest BCUT2D eigenvalue weighted by Gasteiger charge is 2.38. The fourth-order valence-corrected chi connectivity index (χ4v) is 2.39. The zero-order chi connectivity index (χ0) is 15.6. The average molecular weight is 315 g/mol. The summed E-state index contributed by atoms with van der Waals surface area (Å²) in [7, 11) is 0. The molecule has 2 rings (SSSR count). The predicted molar refractivity (Wildman–Crippen MR) is 77.0 cm³/mol. The predicted octanol–water partition coefficient (Wildman–Crippen LogP) is 3.20. The van der Waals surface area contributed by atoms with E-state index < -0.39 is 23.2 Å². The Bertz CT molecular complexity index is 571. The second-order valence-electron chi connectivity index (χ2n) is 5.38. The molecule has 2 N–H and O–H groups in total. The van der Waals surface area contributed by atoms with Crippen LogP contribution >= 0.6 is 11.6 Å². The van der Waals surface area contributed by atoms with Crippen LogP contribution in [0.4, 0.5) is 14.9 Å². The molecule has 0 aromatic heterocycles. The summed E-state index contributed by atoms with van der Waals surface area (Å²) in [5.74, 6) is -1.54. The molecule has 0 unspecified atom stereocenters. The minimum absolute atomic E-state index is 0.0130. The number of aliphatic carboxylic acids is 1. The van der Waals surface area contributed by atoms with Crippen molar-refractivity contribution in [2.75, 3.05) is 18.4 Å². The number of carboxylic acids is 1. The van der Waals surface area contributed by atoms with Crippen molar-refractivity contribution in [3.8, 4) is 0 Å². The fraction of sp³-hybridized carbons (Fsp3) is 0.429. The monoisotopic (exact) mass is 314 g/mol. The molecule has 0 radical (unpaired) electrons. The van der Waals surface area contributed by atoms with Gasteiger partial charge in [0, 0.05) is 13.1 Å². The quantitative estimate of drug-likeness (QED) is 0.880. The number of likely N-dealkylation sites (tertiary alicyclic amines) is 1. The Kier molecular flexibility index (Phi) is 4.37. The zero-order valence-electron chi connectivity index (χ0n) is 11.5. The molecular weight excluding hydrogens is 299 g/mol. The lowest BCUT2D eigenvalue weighted by molar-refractivity contribution is -0.150. The number of carbonyl (C=O) groups is 2. The van der Waals surface area contributed by atoms with Crippen LogP contribution in [0, 0.1) is 11.2 Å². The van der Waals surface area contributed by atoms with Gasteiger partial charge in [0.05, 0.1) is 16.1 Å². The van der Waals surface area contributed by atoms with E-state index >= 15 is 0 Å². The zero-order valence-corrected chi connectivity index (χ0v) is 12.3. The first kappa shape index (κ1) is 15.6. The van der Waals surface area contributed by atoms with Crippen molar-refractivity contribution in [1.29, 1.82) is 0 Å². The van der Waals surface area contributed by atoms with Crippen LogP contribution in [0.1, 0.15) is 19.8 Å². The van der Waals surface area contributed by atoms with Gasteiger partial charge in [-0.3, -0.25) is 4.79 Å². The van der Waals surface area contributed by atoms with Crippen LogP contribution in [0.25, 0.3) is 0 Å². The summed E-state index contributed by atoms with van der Waals surface area (Å²) >= 11 is 5.65. The molecule has 0 saturated carbocycles. The van der Waals surface area contributed by atoms with Crippen LogP contribution < -0.4 is 5.32 Å². The molecule has 0 atom stereocenters. The van der Waals surface area contributed by atoms with E-state index in [1.54, 1.807) is 13.0 Å². The molecule has 0 bridgehead atoms. The molecule has 0 spiro atoms. The number of hydrogen-bond acceptors (Lipinski definition) is 2. The summed E-state index contributed by atoms with van der Waals surface area (Å²) < 4.78 is 13.7. The molecule has 1 aromatic carbocycles. The largest absolute Gasteiger partial charge is 0.481 e. The first-order valence-electron chi connectivity index (χ1n) is 6.57. The number of halogens is 2. The number of piperidine rings is 1. The number of carbonyl (C=O) groups excluding carboxylic acids is 1. The van der Waals surface area contributed by atoms with Gasteiger partial charge in [0.2, 0.25) is 0 Å². The lowest BCUT2D eigenvalue weighted by Gasteiger charge is -2.36. The van der Waals surface area contributed by atoms with Crippen LogP contribution in [-0.4, -0.2) is 35.1 Å². The second-order valence-corrected chi connectivity index (χ2v) is 5.79. The highest BCUT2D eigenvalue weighted by Crippen LogP contribution is 2.31. The SMILES string of the molecule is CC1(C(=O)O)CCN(C(=O)Nc2cccc(Cl)c2F)CC1. The number of rotatable bonds is 2. The summed E-state index contributed by atoms with van der Waals surface area (Å²) in [5, 5.41) is 11.5. The van der Waals surface area contributed by atoms with Crippen molar-refractivity contribution in [1.82, 2.24) is 4.90 Å². The molecule has 1 aliphatic heterocycles. The van der Waals surface area contributed by atoms with Gasteiger partial charge in [-0.1, -0.05) is 17.7 Å². The Hall–Kier alpha value is -1.82. The van der Waals surface area contributed by atoms with Gasteiger partial charge < -0.3 is 15.3 Å². The highest BCUT2D eigenvalue weighted by atomic mass is 35.5.